The fraction of sp³-hybridized carbons (Fsp3) is 0.722. The number of carbonyl (C=O) groups is 1. The van der Waals surface area contributed by atoms with Crippen molar-refractivity contribution in [3.05, 3.63) is 22.4 Å². The molecule has 0 aromatic carbocycles. The molecule has 0 bridgehead atoms. The first kappa shape index (κ1) is 22.7. The number of nitrogens with two attached hydrogens (primary N) is 1. The van der Waals surface area contributed by atoms with Gasteiger partial charge in [-0.3, -0.25) is 9.69 Å². The van der Waals surface area contributed by atoms with Gasteiger partial charge in [0, 0.05) is 36.5 Å². The molecule has 7 heteroatoms. The van der Waals surface area contributed by atoms with Crippen LogP contribution >= 0.6 is 36.2 Å². The number of halogens is 2. The Morgan fingerprint density at radius 2 is 2.12 bits per heavy atom. The van der Waals surface area contributed by atoms with Crippen molar-refractivity contribution in [2.75, 3.05) is 19.6 Å². The monoisotopic (exact) mass is 407 g/mol. The Morgan fingerprint density at radius 1 is 1.28 bits per heavy atom. The van der Waals surface area contributed by atoms with Gasteiger partial charge in [-0.15, -0.1) is 36.2 Å². The second kappa shape index (κ2) is 11.4. The van der Waals surface area contributed by atoms with Crippen molar-refractivity contribution in [2.45, 2.75) is 51.1 Å². The van der Waals surface area contributed by atoms with Crippen molar-refractivity contribution in [1.29, 1.82) is 0 Å². The molecule has 1 amide bonds. The van der Waals surface area contributed by atoms with Crippen molar-refractivity contribution in [2.24, 2.45) is 17.6 Å². The zero-order valence-electron chi connectivity index (χ0n) is 14.7. The van der Waals surface area contributed by atoms with E-state index >= 15 is 0 Å². The molecule has 3 rings (SSSR count). The summed E-state index contributed by atoms with van der Waals surface area (Å²) in [5.74, 6) is 0.963. The molecule has 25 heavy (non-hydrogen) atoms. The maximum Gasteiger partial charge on any atom is 0.223 e. The van der Waals surface area contributed by atoms with E-state index in [1.807, 2.05) is 11.3 Å². The molecule has 1 saturated carbocycles. The second-order valence-electron chi connectivity index (χ2n) is 7.19. The van der Waals surface area contributed by atoms with Crippen LogP contribution in [0.5, 0.6) is 0 Å². The summed E-state index contributed by atoms with van der Waals surface area (Å²) in [5.41, 5.74) is 6.00. The first-order chi connectivity index (χ1) is 11.2. The molecule has 3 atom stereocenters. The normalized spacial score (nSPS) is 27.0. The Kier molecular flexibility index (Phi) is 10.4. The lowest BCUT2D eigenvalue weighted by atomic mass is 9.85. The topological polar surface area (TPSA) is 58.4 Å². The van der Waals surface area contributed by atoms with Gasteiger partial charge in [0.05, 0.1) is 0 Å². The van der Waals surface area contributed by atoms with Crippen molar-refractivity contribution in [3.63, 3.8) is 0 Å². The van der Waals surface area contributed by atoms with E-state index in [0.717, 1.165) is 45.3 Å². The highest BCUT2D eigenvalue weighted by Gasteiger charge is 2.26. The first-order valence-electron chi connectivity index (χ1n) is 8.98. The number of hydrogen-bond donors (Lipinski definition) is 2. The third-order valence-corrected chi connectivity index (χ3v) is 6.07. The summed E-state index contributed by atoms with van der Waals surface area (Å²) < 4.78 is 0. The van der Waals surface area contributed by atoms with E-state index < -0.39 is 0 Å². The van der Waals surface area contributed by atoms with Crippen LogP contribution in [0.3, 0.4) is 0 Å². The summed E-state index contributed by atoms with van der Waals surface area (Å²) in [4.78, 5) is 16.3. The summed E-state index contributed by atoms with van der Waals surface area (Å²) in [6, 6.07) is 4.55. The van der Waals surface area contributed by atoms with Crippen LogP contribution in [-0.2, 0) is 11.3 Å². The summed E-state index contributed by atoms with van der Waals surface area (Å²) in [6.07, 6.45) is 6.50. The Balaban J connectivity index is 0.00000156. The van der Waals surface area contributed by atoms with Gasteiger partial charge >= 0.3 is 0 Å². The SMILES string of the molecule is Cl.Cl.NC1CCCC(C(=O)NCC2CCCN(Cc3cccs3)C2)C1. The van der Waals surface area contributed by atoms with Crippen LogP contribution in [0.1, 0.15) is 43.4 Å². The predicted molar refractivity (Wildman–Crippen MR) is 110 cm³/mol. The number of amides is 1. The van der Waals surface area contributed by atoms with Gasteiger partial charge in [-0.2, -0.15) is 0 Å². The summed E-state index contributed by atoms with van der Waals surface area (Å²) in [6.45, 7) is 4.16. The van der Waals surface area contributed by atoms with Crippen LogP contribution in [-0.4, -0.2) is 36.5 Å². The lowest BCUT2D eigenvalue weighted by Gasteiger charge is -2.33. The zero-order valence-corrected chi connectivity index (χ0v) is 17.1. The van der Waals surface area contributed by atoms with Crippen LogP contribution in [0.4, 0.5) is 0 Å². The van der Waals surface area contributed by atoms with Gasteiger partial charge in [0.15, 0.2) is 0 Å². The quantitative estimate of drug-likeness (QED) is 0.785. The summed E-state index contributed by atoms with van der Waals surface area (Å²) >= 11 is 1.83. The molecule has 2 aliphatic rings. The van der Waals surface area contributed by atoms with Crippen LogP contribution < -0.4 is 11.1 Å². The summed E-state index contributed by atoms with van der Waals surface area (Å²) in [7, 11) is 0. The van der Waals surface area contributed by atoms with Crippen LogP contribution in [0.15, 0.2) is 17.5 Å². The molecule has 1 aliphatic carbocycles. The molecule has 0 spiro atoms. The molecule has 4 nitrogen and oxygen atoms in total. The lowest BCUT2D eigenvalue weighted by Crippen LogP contribution is -2.43. The standard InChI is InChI=1S/C18H29N3OS.2ClH/c19-16-6-1-5-15(10-16)18(22)20-11-14-4-2-8-21(12-14)13-17-7-3-9-23-17;;/h3,7,9,14-16H,1-2,4-6,8,10-13,19H2,(H,20,22);2*1H. The predicted octanol–water partition coefficient (Wildman–Crippen LogP) is 3.44. The number of nitrogens with zero attached hydrogens (tertiary/aromatic N) is 1. The summed E-state index contributed by atoms with van der Waals surface area (Å²) in [5, 5.41) is 5.35. The van der Waals surface area contributed by atoms with E-state index in [0.29, 0.717) is 5.92 Å². The van der Waals surface area contributed by atoms with Gasteiger partial charge in [-0.1, -0.05) is 12.5 Å². The zero-order chi connectivity index (χ0) is 16.1. The molecule has 2 fully saturated rings. The molecule has 3 unspecified atom stereocenters. The second-order valence-corrected chi connectivity index (χ2v) is 8.22. The number of hydrogen-bond acceptors (Lipinski definition) is 4. The van der Waals surface area contributed by atoms with Crippen molar-refractivity contribution in [1.82, 2.24) is 10.2 Å². The van der Waals surface area contributed by atoms with Crippen molar-refractivity contribution >= 4 is 42.1 Å². The highest BCUT2D eigenvalue weighted by atomic mass is 35.5. The van der Waals surface area contributed by atoms with Gasteiger partial charge in [-0.25, -0.2) is 0 Å². The van der Waals surface area contributed by atoms with Crippen LogP contribution in [0.25, 0.3) is 0 Å². The molecule has 1 aliphatic heterocycles. The Morgan fingerprint density at radius 3 is 2.84 bits per heavy atom. The van der Waals surface area contributed by atoms with Crippen molar-refractivity contribution in [3.8, 4) is 0 Å². The van der Waals surface area contributed by atoms with Crippen LogP contribution in [0.2, 0.25) is 0 Å². The number of carbonyl (C=O) groups excluding carboxylic acids is 1. The fourth-order valence-corrected chi connectivity index (χ4v) is 4.69. The van der Waals surface area contributed by atoms with Crippen LogP contribution in [0, 0.1) is 11.8 Å². The van der Waals surface area contributed by atoms with E-state index in [1.165, 1.54) is 24.3 Å². The van der Waals surface area contributed by atoms with E-state index in [4.69, 9.17) is 5.73 Å². The smallest absolute Gasteiger partial charge is 0.223 e. The molecule has 2 heterocycles. The highest BCUT2D eigenvalue weighted by Crippen LogP contribution is 2.24. The molecule has 144 valence electrons. The van der Waals surface area contributed by atoms with Gasteiger partial charge in [-0.05, 0) is 56.0 Å². The molecule has 1 aromatic heterocycles. The first-order valence-corrected chi connectivity index (χ1v) is 9.86. The largest absolute Gasteiger partial charge is 0.356 e. The maximum absolute atomic E-state index is 12.3. The molecule has 0 radical (unpaired) electrons. The Hall–Kier alpha value is -0.330. The third kappa shape index (κ3) is 7.06. The van der Waals surface area contributed by atoms with Crippen molar-refractivity contribution < 1.29 is 4.79 Å². The lowest BCUT2D eigenvalue weighted by molar-refractivity contribution is -0.126. The Bertz CT molecular complexity index is 501. The number of piperidine rings is 1. The van der Waals surface area contributed by atoms with Gasteiger partial charge in [0.2, 0.25) is 5.91 Å². The average Bonchev–Trinajstić information content (AvgIpc) is 3.06. The number of nitrogens with one attached hydrogen (secondary N) is 1. The maximum atomic E-state index is 12.3. The number of thiophene rings is 1. The van der Waals surface area contributed by atoms with E-state index in [2.05, 4.69) is 27.7 Å². The van der Waals surface area contributed by atoms with E-state index in [-0.39, 0.29) is 42.7 Å². The highest BCUT2D eigenvalue weighted by molar-refractivity contribution is 7.09. The van der Waals surface area contributed by atoms with E-state index in [1.54, 1.807) is 0 Å². The average molecular weight is 408 g/mol. The molecule has 1 saturated heterocycles. The van der Waals surface area contributed by atoms with E-state index in [9.17, 15) is 4.79 Å². The van der Waals surface area contributed by atoms with Gasteiger partial charge in [0.1, 0.15) is 0 Å². The number of rotatable bonds is 5. The minimum Gasteiger partial charge on any atom is -0.356 e. The minimum absolute atomic E-state index is 0. The van der Waals surface area contributed by atoms with Gasteiger partial charge in [0.25, 0.3) is 0 Å². The molecule has 1 aromatic rings. The van der Waals surface area contributed by atoms with Gasteiger partial charge < -0.3 is 11.1 Å². The third-order valence-electron chi connectivity index (χ3n) is 5.21. The molecule has 3 N–H and O–H groups in total. The minimum atomic E-state index is 0. The fourth-order valence-electron chi connectivity index (χ4n) is 3.94. The Labute approximate surface area is 167 Å². The number of likely N-dealkylation sites (tertiary alicyclic amines) is 1. The molecular formula is C18H31Cl2N3OS. The molecular weight excluding hydrogens is 377 g/mol.